The molecule has 0 aromatic heterocycles. The average Bonchev–Trinajstić information content (AvgIpc) is 2.30. The molecule has 0 spiro atoms. The van der Waals surface area contributed by atoms with Crippen LogP contribution < -0.4 is 4.74 Å². The summed E-state index contributed by atoms with van der Waals surface area (Å²) in [6, 6.07) is 8.13. The molecule has 0 unspecified atom stereocenters. The van der Waals surface area contributed by atoms with E-state index in [0.717, 1.165) is 6.07 Å². The van der Waals surface area contributed by atoms with E-state index < -0.39 is 12.4 Å². The quantitative estimate of drug-likeness (QED) is 0.737. The van der Waals surface area contributed by atoms with E-state index in [1.807, 2.05) is 0 Å². The lowest BCUT2D eigenvalue weighted by Gasteiger charge is -2.10. The van der Waals surface area contributed by atoms with E-state index in [1.54, 1.807) is 18.2 Å². The molecule has 2 aromatic rings. The van der Waals surface area contributed by atoms with Gasteiger partial charge in [-0.3, -0.25) is 0 Å². The van der Waals surface area contributed by atoms with E-state index in [4.69, 9.17) is 23.2 Å². The van der Waals surface area contributed by atoms with Gasteiger partial charge in [0.2, 0.25) is 0 Å². The first-order chi connectivity index (χ1) is 8.99. The van der Waals surface area contributed by atoms with Gasteiger partial charge < -0.3 is 4.74 Å². The molecule has 0 fully saturated rings. The lowest BCUT2D eigenvalue weighted by molar-refractivity contribution is -0.0499. The van der Waals surface area contributed by atoms with Crippen LogP contribution in [0.3, 0.4) is 0 Å². The van der Waals surface area contributed by atoms with Crippen molar-refractivity contribution in [1.82, 2.24) is 0 Å². The third kappa shape index (κ3) is 3.14. The molecule has 0 saturated heterocycles. The molecule has 0 amide bonds. The smallest absolute Gasteiger partial charge is 0.387 e. The molecule has 0 aliphatic heterocycles. The topological polar surface area (TPSA) is 9.23 Å². The van der Waals surface area contributed by atoms with Crippen molar-refractivity contribution in [2.24, 2.45) is 0 Å². The normalized spacial score (nSPS) is 10.8. The van der Waals surface area contributed by atoms with E-state index in [0.29, 0.717) is 5.56 Å². The molecule has 0 aliphatic carbocycles. The van der Waals surface area contributed by atoms with Crippen LogP contribution >= 0.6 is 23.2 Å². The first-order valence-corrected chi connectivity index (χ1v) is 5.93. The van der Waals surface area contributed by atoms with Gasteiger partial charge in [0.15, 0.2) is 0 Å². The van der Waals surface area contributed by atoms with Gasteiger partial charge in [-0.1, -0.05) is 29.3 Å². The molecule has 1 nitrogen and oxygen atoms in total. The van der Waals surface area contributed by atoms with Crippen molar-refractivity contribution in [2.75, 3.05) is 0 Å². The second-order valence-electron chi connectivity index (χ2n) is 3.62. The SMILES string of the molecule is Fc1cc(OC(F)F)ccc1-c1c(Cl)cccc1Cl. The fraction of sp³-hybridized carbons (Fsp3) is 0.0769. The number of hydrogen-bond donors (Lipinski definition) is 0. The summed E-state index contributed by atoms with van der Waals surface area (Å²) in [6.45, 7) is -3.01. The Hall–Kier alpha value is -1.39. The highest BCUT2D eigenvalue weighted by atomic mass is 35.5. The maximum Gasteiger partial charge on any atom is 0.387 e. The first-order valence-electron chi connectivity index (χ1n) is 5.18. The molecule has 6 heteroatoms. The van der Waals surface area contributed by atoms with Crippen molar-refractivity contribution >= 4 is 23.2 Å². The van der Waals surface area contributed by atoms with Crippen molar-refractivity contribution in [2.45, 2.75) is 6.61 Å². The fourth-order valence-electron chi connectivity index (χ4n) is 1.63. The minimum absolute atomic E-state index is 0.122. The van der Waals surface area contributed by atoms with Gasteiger partial charge in [0.1, 0.15) is 11.6 Å². The summed E-state index contributed by atoms with van der Waals surface area (Å²) in [7, 11) is 0. The number of benzene rings is 2. The Morgan fingerprint density at radius 3 is 2.16 bits per heavy atom. The minimum atomic E-state index is -3.01. The van der Waals surface area contributed by atoms with Crippen molar-refractivity contribution < 1.29 is 17.9 Å². The molecule has 0 saturated carbocycles. The van der Waals surface area contributed by atoms with Gasteiger partial charge in [0.05, 0.1) is 0 Å². The van der Waals surface area contributed by atoms with Gasteiger partial charge >= 0.3 is 6.61 Å². The number of hydrogen-bond acceptors (Lipinski definition) is 1. The summed E-state index contributed by atoms with van der Waals surface area (Å²) in [5.41, 5.74) is 0.434. The lowest BCUT2D eigenvalue weighted by Crippen LogP contribution is -2.02. The van der Waals surface area contributed by atoms with Crippen LogP contribution in [0.4, 0.5) is 13.2 Å². The second-order valence-corrected chi connectivity index (χ2v) is 4.43. The molecule has 0 heterocycles. The Labute approximate surface area is 117 Å². The number of alkyl halides is 2. The molecule has 2 rings (SSSR count). The zero-order chi connectivity index (χ0) is 14.0. The van der Waals surface area contributed by atoms with Crippen molar-refractivity contribution in [1.29, 1.82) is 0 Å². The average molecular weight is 307 g/mol. The molecule has 19 heavy (non-hydrogen) atoms. The molecule has 0 aliphatic rings. The van der Waals surface area contributed by atoms with E-state index in [2.05, 4.69) is 4.74 Å². The highest BCUT2D eigenvalue weighted by Gasteiger charge is 2.14. The molecule has 100 valence electrons. The molecule has 0 radical (unpaired) electrons. The van der Waals surface area contributed by atoms with Gasteiger partial charge in [-0.05, 0) is 24.3 Å². The van der Waals surface area contributed by atoms with Gasteiger partial charge in [0.25, 0.3) is 0 Å². The largest absolute Gasteiger partial charge is 0.435 e. The summed E-state index contributed by atoms with van der Waals surface area (Å²) in [4.78, 5) is 0. The van der Waals surface area contributed by atoms with Crippen molar-refractivity contribution in [3.8, 4) is 16.9 Å². The van der Waals surface area contributed by atoms with E-state index in [9.17, 15) is 13.2 Å². The zero-order valence-corrected chi connectivity index (χ0v) is 10.9. The van der Waals surface area contributed by atoms with Crippen LogP contribution in [0.2, 0.25) is 10.0 Å². The zero-order valence-electron chi connectivity index (χ0n) is 9.34. The highest BCUT2D eigenvalue weighted by Crippen LogP contribution is 2.37. The van der Waals surface area contributed by atoms with Crippen LogP contribution in [-0.4, -0.2) is 6.61 Å². The van der Waals surface area contributed by atoms with Gasteiger partial charge in [-0.15, -0.1) is 0 Å². The maximum atomic E-state index is 13.9. The summed E-state index contributed by atoms with van der Waals surface area (Å²) >= 11 is 11.9. The molecule has 0 bridgehead atoms. The van der Waals surface area contributed by atoms with Crippen molar-refractivity contribution in [3.63, 3.8) is 0 Å². The summed E-state index contributed by atoms with van der Waals surface area (Å²) in [5, 5.41) is 0.544. The Bertz CT molecular complexity index is 582. The summed E-state index contributed by atoms with van der Waals surface area (Å²) in [5.74, 6) is -1.01. The Kier molecular flexibility index (Phi) is 4.22. The van der Waals surface area contributed by atoms with E-state index in [1.165, 1.54) is 12.1 Å². The monoisotopic (exact) mass is 306 g/mol. The maximum absolute atomic E-state index is 13.9. The third-order valence-electron chi connectivity index (χ3n) is 2.40. The predicted octanol–water partition coefficient (Wildman–Crippen LogP) is 5.40. The Morgan fingerprint density at radius 2 is 1.63 bits per heavy atom. The van der Waals surface area contributed by atoms with Crippen LogP contribution in [0, 0.1) is 5.82 Å². The Balaban J connectivity index is 2.47. The van der Waals surface area contributed by atoms with Gasteiger partial charge in [-0.2, -0.15) is 8.78 Å². The van der Waals surface area contributed by atoms with E-state index >= 15 is 0 Å². The fourth-order valence-corrected chi connectivity index (χ4v) is 2.23. The summed E-state index contributed by atoms with van der Waals surface area (Å²) < 4.78 is 42.0. The van der Waals surface area contributed by atoms with Gasteiger partial charge in [-0.25, -0.2) is 4.39 Å². The van der Waals surface area contributed by atoms with Crippen LogP contribution in [0.1, 0.15) is 0 Å². The molecular formula is C13H7Cl2F3O. The van der Waals surface area contributed by atoms with Crippen molar-refractivity contribution in [3.05, 3.63) is 52.3 Å². The number of rotatable bonds is 3. The number of ether oxygens (including phenoxy) is 1. The molecule has 0 atom stereocenters. The third-order valence-corrected chi connectivity index (χ3v) is 3.03. The first kappa shape index (κ1) is 14.0. The number of halogens is 5. The minimum Gasteiger partial charge on any atom is -0.435 e. The van der Waals surface area contributed by atoms with Crippen LogP contribution in [0.25, 0.3) is 11.1 Å². The predicted molar refractivity (Wildman–Crippen MR) is 68.5 cm³/mol. The molecule has 2 aromatic carbocycles. The highest BCUT2D eigenvalue weighted by molar-refractivity contribution is 6.39. The lowest BCUT2D eigenvalue weighted by atomic mass is 10.0. The standard InChI is InChI=1S/C13H7Cl2F3O/c14-9-2-1-3-10(15)12(9)8-5-4-7(6-11(8)16)19-13(17)18/h1-6,13H. The van der Waals surface area contributed by atoms with Crippen LogP contribution in [0.5, 0.6) is 5.75 Å². The van der Waals surface area contributed by atoms with E-state index in [-0.39, 0.29) is 21.4 Å². The second kappa shape index (κ2) is 5.72. The molecule has 0 N–H and O–H groups in total. The van der Waals surface area contributed by atoms with Gasteiger partial charge in [0, 0.05) is 27.2 Å². The van der Waals surface area contributed by atoms with Crippen LogP contribution in [-0.2, 0) is 0 Å². The summed E-state index contributed by atoms with van der Waals surface area (Å²) in [6.07, 6.45) is 0. The van der Waals surface area contributed by atoms with Crippen LogP contribution in [0.15, 0.2) is 36.4 Å². The molecular weight excluding hydrogens is 300 g/mol. The Morgan fingerprint density at radius 1 is 1.00 bits per heavy atom.